The molecule has 0 unspecified atom stereocenters. The summed E-state index contributed by atoms with van der Waals surface area (Å²) < 4.78 is 7.20. The van der Waals surface area contributed by atoms with Gasteiger partial charge in [0, 0.05) is 12.3 Å². The Balaban J connectivity index is 1.66. The van der Waals surface area contributed by atoms with E-state index in [1.807, 2.05) is 34.9 Å². The monoisotopic (exact) mass is 272 g/mol. The second kappa shape index (κ2) is 5.83. The molecule has 1 N–H and O–H groups in total. The first-order valence-corrected chi connectivity index (χ1v) is 6.68. The summed E-state index contributed by atoms with van der Waals surface area (Å²) in [5.74, 6) is 0.618. The van der Waals surface area contributed by atoms with Crippen LogP contribution >= 0.6 is 0 Å². The van der Waals surface area contributed by atoms with E-state index < -0.39 is 0 Å². The standard InChI is InChI=1S/C14H16N4O2/c19-14(12-7-4-8-20-12)15-9-13-17-16-10-18(13)11-5-2-1-3-6-11/h1-3,5-6,10,12H,4,7-9H2,(H,15,19)/t12-/m1/s1. The second-order valence-electron chi connectivity index (χ2n) is 4.67. The number of carbonyl (C=O) groups is 1. The van der Waals surface area contributed by atoms with E-state index in [2.05, 4.69) is 15.5 Å². The van der Waals surface area contributed by atoms with Gasteiger partial charge in [0.15, 0.2) is 5.82 Å². The van der Waals surface area contributed by atoms with Crippen molar-refractivity contribution >= 4 is 5.91 Å². The number of ether oxygens (including phenoxy) is 1. The van der Waals surface area contributed by atoms with Gasteiger partial charge in [-0.15, -0.1) is 10.2 Å². The van der Waals surface area contributed by atoms with Gasteiger partial charge < -0.3 is 10.1 Å². The summed E-state index contributed by atoms with van der Waals surface area (Å²) in [6.45, 7) is 1.01. The van der Waals surface area contributed by atoms with E-state index in [-0.39, 0.29) is 12.0 Å². The molecule has 1 aromatic heterocycles. The average Bonchev–Trinajstić information content (AvgIpc) is 3.17. The fraction of sp³-hybridized carbons (Fsp3) is 0.357. The minimum Gasteiger partial charge on any atom is -0.368 e. The van der Waals surface area contributed by atoms with Crippen molar-refractivity contribution < 1.29 is 9.53 Å². The fourth-order valence-corrected chi connectivity index (χ4v) is 2.25. The first kappa shape index (κ1) is 12.8. The number of carbonyl (C=O) groups excluding carboxylic acids is 1. The molecule has 104 valence electrons. The van der Waals surface area contributed by atoms with E-state index in [9.17, 15) is 4.79 Å². The highest BCUT2D eigenvalue weighted by Gasteiger charge is 2.23. The lowest BCUT2D eigenvalue weighted by molar-refractivity contribution is -0.130. The van der Waals surface area contributed by atoms with Crippen molar-refractivity contribution in [3.8, 4) is 5.69 Å². The highest BCUT2D eigenvalue weighted by molar-refractivity contribution is 5.80. The van der Waals surface area contributed by atoms with Gasteiger partial charge in [0.2, 0.25) is 5.91 Å². The van der Waals surface area contributed by atoms with Crippen LogP contribution in [0.4, 0.5) is 0 Å². The van der Waals surface area contributed by atoms with E-state index in [0.29, 0.717) is 19.0 Å². The van der Waals surface area contributed by atoms with Crippen molar-refractivity contribution in [1.29, 1.82) is 0 Å². The summed E-state index contributed by atoms with van der Waals surface area (Å²) in [6.07, 6.45) is 3.06. The van der Waals surface area contributed by atoms with Crippen LogP contribution in [0.1, 0.15) is 18.7 Å². The maximum absolute atomic E-state index is 11.9. The number of nitrogens with one attached hydrogen (secondary N) is 1. The van der Waals surface area contributed by atoms with Crippen LogP contribution < -0.4 is 5.32 Å². The fourth-order valence-electron chi connectivity index (χ4n) is 2.25. The van der Waals surface area contributed by atoms with Crippen molar-refractivity contribution in [2.45, 2.75) is 25.5 Å². The molecule has 6 nitrogen and oxygen atoms in total. The van der Waals surface area contributed by atoms with Gasteiger partial charge in [-0.2, -0.15) is 0 Å². The predicted octanol–water partition coefficient (Wildman–Crippen LogP) is 1.06. The van der Waals surface area contributed by atoms with Gasteiger partial charge in [0.25, 0.3) is 0 Å². The molecule has 0 saturated carbocycles. The van der Waals surface area contributed by atoms with Crippen LogP contribution in [-0.4, -0.2) is 33.4 Å². The normalized spacial score (nSPS) is 18.1. The molecule has 1 fully saturated rings. The Morgan fingerprint density at radius 1 is 1.40 bits per heavy atom. The minimum absolute atomic E-state index is 0.0786. The second-order valence-corrected chi connectivity index (χ2v) is 4.67. The zero-order chi connectivity index (χ0) is 13.8. The third-order valence-electron chi connectivity index (χ3n) is 3.30. The van der Waals surface area contributed by atoms with Crippen molar-refractivity contribution in [3.63, 3.8) is 0 Å². The Kier molecular flexibility index (Phi) is 3.73. The van der Waals surface area contributed by atoms with Crippen molar-refractivity contribution in [3.05, 3.63) is 42.5 Å². The third-order valence-corrected chi connectivity index (χ3v) is 3.30. The van der Waals surface area contributed by atoms with Gasteiger partial charge in [0.05, 0.1) is 6.54 Å². The summed E-state index contributed by atoms with van der Waals surface area (Å²) >= 11 is 0. The molecular weight excluding hydrogens is 256 g/mol. The van der Waals surface area contributed by atoms with Crippen molar-refractivity contribution in [2.24, 2.45) is 0 Å². The zero-order valence-electron chi connectivity index (χ0n) is 11.0. The van der Waals surface area contributed by atoms with E-state index in [4.69, 9.17) is 4.74 Å². The molecule has 0 aliphatic carbocycles. The molecule has 1 aromatic carbocycles. The maximum atomic E-state index is 11.9. The number of para-hydroxylation sites is 1. The van der Waals surface area contributed by atoms with Crippen LogP contribution in [-0.2, 0) is 16.1 Å². The van der Waals surface area contributed by atoms with E-state index in [0.717, 1.165) is 18.5 Å². The molecule has 0 bridgehead atoms. The first-order chi connectivity index (χ1) is 9.84. The Morgan fingerprint density at radius 3 is 3.00 bits per heavy atom. The van der Waals surface area contributed by atoms with Crippen LogP contribution in [0.5, 0.6) is 0 Å². The third kappa shape index (κ3) is 2.70. The van der Waals surface area contributed by atoms with Crippen LogP contribution in [0.15, 0.2) is 36.7 Å². The minimum atomic E-state index is -0.317. The zero-order valence-corrected chi connectivity index (χ0v) is 11.0. The van der Waals surface area contributed by atoms with Crippen LogP contribution in [0.2, 0.25) is 0 Å². The van der Waals surface area contributed by atoms with Gasteiger partial charge in [0.1, 0.15) is 12.4 Å². The highest BCUT2D eigenvalue weighted by Crippen LogP contribution is 2.12. The summed E-state index contributed by atoms with van der Waals surface area (Å²) in [4.78, 5) is 11.9. The molecule has 1 aliphatic heterocycles. The number of benzene rings is 1. The summed E-state index contributed by atoms with van der Waals surface area (Å²) in [7, 11) is 0. The Labute approximate surface area is 116 Å². The molecule has 3 rings (SSSR count). The molecular formula is C14H16N4O2. The van der Waals surface area contributed by atoms with Crippen molar-refractivity contribution in [2.75, 3.05) is 6.61 Å². The van der Waals surface area contributed by atoms with Gasteiger partial charge >= 0.3 is 0 Å². The topological polar surface area (TPSA) is 69.0 Å². The van der Waals surface area contributed by atoms with Gasteiger partial charge in [-0.1, -0.05) is 18.2 Å². The Hall–Kier alpha value is -2.21. The van der Waals surface area contributed by atoms with Gasteiger partial charge in [-0.05, 0) is 25.0 Å². The number of amides is 1. The summed E-state index contributed by atoms with van der Waals surface area (Å²) in [6, 6.07) is 9.78. The number of rotatable bonds is 4. The smallest absolute Gasteiger partial charge is 0.249 e. The number of nitrogens with zero attached hydrogens (tertiary/aromatic N) is 3. The van der Waals surface area contributed by atoms with Gasteiger partial charge in [-0.25, -0.2) is 0 Å². The lowest BCUT2D eigenvalue weighted by Gasteiger charge is -2.11. The van der Waals surface area contributed by atoms with E-state index in [1.54, 1.807) is 6.33 Å². The largest absolute Gasteiger partial charge is 0.368 e. The molecule has 1 aliphatic rings. The lowest BCUT2D eigenvalue weighted by Crippen LogP contribution is -2.34. The number of hydrogen-bond acceptors (Lipinski definition) is 4. The van der Waals surface area contributed by atoms with Gasteiger partial charge in [-0.3, -0.25) is 9.36 Å². The predicted molar refractivity (Wildman–Crippen MR) is 72.2 cm³/mol. The molecule has 1 saturated heterocycles. The van der Waals surface area contributed by atoms with Crippen LogP contribution in [0.3, 0.4) is 0 Å². The Morgan fingerprint density at radius 2 is 2.25 bits per heavy atom. The first-order valence-electron chi connectivity index (χ1n) is 6.68. The molecule has 0 spiro atoms. The molecule has 20 heavy (non-hydrogen) atoms. The molecule has 1 atom stereocenters. The Bertz CT molecular complexity index is 576. The molecule has 0 radical (unpaired) electrons. The van der Waals surface area contributed by atoms with E-state index >= 15 is 0 Å². The SMILES string of the molecule is O=C(NCc1nncn1-c1ccccc1)[C@H]1CCCO1. The molecule has 6 heteroatoms. The highest BCUT2D eigenvalue weighted by atomic mass is 16.5. The lowest BCUT2D eigenvalue weighted by atomic mass is 10.2. The molecule has 1 amide bonds. The summed E-state index contributed by atoms with van der Waals surface area (Å²) in [5.41, 5.74) is 0.971. The maximum Gasteiger partial charge on any atom is 0.249 e. The number of hydrogen-bond donors (Lipinski definition) is 1. The quantitative estimate of drug-likeness (QED) is 0.903. The van der Waals surface area contributed by atoms with E-state index in [1.165, 1.54) is 0 Å². The summed E-state index contributed by atoms with van der Waals surface area (Å²) in [5, 5.41) is 10.8. The molecule has 2 heterocycles. The molecule has 2 aromatic rings. The van der Waals surface area contributed by atoms with Crippen LogP contribution in [0.25, 0.3) is 5.69 Å². The average molecular weight is 272 g/mol. The number of aromatic nitrogens is 3. The van der Waals surface area contributed by atoms with Crippen LogP contribution in [0, 0.1) is 0 Å². The van der Waals surface area contributed by atoms with Crippen molar-refractivity contribution in [1.82, 2.24) is 20.1 Å².